The van der Waals surface area contributed by atoms with Gasteiger partial charge in [0.25, 0.3) is 0 Å². The summed E-state index contributed by atoms with van der Waals surface area (Å²) >= 11 is 1.48. The maximum absolute atomic E-state index is 13.4. The molecule has 1 fully saturated rings. The van der Waals surface area contributed by atoms with Gasteiger partial charge in [0.05, 0.1) is 11.3 Å². The summed E-state index contributed by atoms with van der Waals surface area (Å²) in [7, 11) is 0. The standard InChI is InChI=1S/C18H16FNO3S/c1-10-8-13(19)4-5-14(10)17-20(16(21)9-24-17)15-6-3-12(18(22)23)7-11(15)2/h3-8,17H,9H2,1-2H3,(H,22,23). The first-order chi connectivity index (χ1) is 11.4. The number of rotatable bonds is 3. The molecule has 1 atom stereocenters. The van der Waals surface area contributed by atoms with Gasteiger partial charge in [-0.1, -0.05) is 6.07 Å². The molecule has 0 bridgehead atoms. The van der Waals surface area contributed by atoms with Gasteiger partial charge < -0.3 is 5.11 Å². The molecule has 2 aromatic carbocycles. The minimum absolute atomic E-state index is 0.0418. The molecule has 1 aliphatic heterocycles. The van der Waals surface area contributed by atoms with E-state index in [0.717, 1.165) is 16.7 Å². The van der Waals surface area contributed by atoms with E-state index in [1.165, 1.54) is 30.0 Å². The Hall–Kier alpha value is -2.34. The van der Waals surface area contributed by atoms with E-state index in [1.54, 1.807) is 30.0 Å². The SMILES string of the molecule is Cc1cc(F)ccc1C1SCC(=O)N1c1ccc(C(=O)O)cc1C. The highest BCUT2D eigenvalue weighted by Gasteiger charge is 2.35. The predicted octanol–water partition coefficient (Wildman–Crippen LogP) is 3.92. The summed E-state index contributed by atoms with van der Waals surface area (Å²) in [4.78, 5) is 25.2. The number of amides is 1. The number of hydrogen-bond acceptors (Lipinski definition) is 3. The number of nitrogens with zero attached hydrogens (tertiary/aromatic N) is 1. The molecule has 2 aromatic rings. The lowest BCUT2D eigenvalue weighted by molar-refractivity contribution is -0.115. The van der Waals surface area contributed by atoms with Crippen molar-refractivity contribution in [2.75, 3.05) is 10.7 Å². The first-order valence-electron chi connectivity index (χ1n) is 7.42. The molecule has 0 aromatic heterocycles. The van der Waals surface area contributed by atoms with Gasteiger partial charge in [0.1, 0.15) is 11.2 Å². The van der Waals surface area contributed by atoms with Crippen molar-refractivity contribution < 1.29 is 19.1 Å². The van der Waals surface area contributed by atoms with Gasteiger partial charge in [-0.05, 0) is 60.9 Å². The second-order valence-corrected chi connectivity index (χ2v) is 6.80. The van der Waals surface area contributed by atoms with Gasteiger partial charge in [-0.2, -0.15) is 0 Å². The molecule has 1 aliphatic rings. The van der Waals surface area contributed by atoms with Gasteiger partial charge in [-0.3, -0.25) is 9.69 Å². The van der Waals surface area contributed by atoms with E-state index in [0.29, 0.717) is 11.4 Å². The number of benzene rings is 2. The molecule has 6 heteroatoms. The molecule has 1 saturated heterocycles. The summed E-state index contributed by atoms with van der Waals surface area (Å²) in [5.41, 5.74) is 3.25. The van der Waals surface area contributed by atoms with Crippen LogP contribution >= 0.6 is 11.8 Å². The molecule has 4 nitrogen and oxygen atoms in total. The Morgan fingerprint density at radius 1 is 1.21 bits per heavy atom. The van der Waals surface area contributed by atoms with Crippen LogP contribution in [0.3, 0.4) is 0 Å². The largest absolute Gasteiger partial charge is 0.478 e. The summed E-state index contributed by atoms with van der Waals surface area (Å²) < 4.78 is 13.4. The van der Waals surface area contributed by atoms with Crippen molar-refractivity contribution in [2.45, 2.75) is 19.2 Å². The Kier molecular flexibility index (Phi) is 4.32. The van der Waals surface area contributed by atoms with Crippen molar-refractivity contribution >= 4 is 29.3 Å². The molecule has 0 radical (unpaired) electrons. The average Bonchev–Trinajstić information content (AvgIpc) is 2.88. The van der Waals surface area contributed by atoms with Crippen LogP contribution in [0.15, 0.2) is 36.4 Å². The topological polar surface area (TPSA) is 57.6 Å². The Labute approximate surface area is 143 Å². The zero-order valence-electron chi connectivity index (χ0n) is 13.2. The molecule has 1 heterocycles. The minimum atomic E-state index is -1.00. The molecule has 3 rings (SSSR count). The molecular formula is C18H16FNO3S. The van der Waals surface area contributed by atoms with Gasteiger partial charge in [0, 0.05) is 5.69 Å². The quantitative estimate of drug-likeness (QED) is 0.916. The van der Waals surface area contributed by atoms with Crippen LogP contribution in [0.4, 0.5) is 10.1 Å². The van der Waals surface area contributed by atoms with E-state index in [1.807, 2.05) is 6.92 Å². The molecule has 1 unspecified atom stereocenters. The Morgan fingerprint density at radius 2 is 1.96 bits per heavy atom. The van der Waals surface area contributed by atoms with Crippen LogP contribution in [0.5, 0.6) is 0 Å². The third-order valence-electron chi connectivity index (χ3n) is 4.07. The first-order valence-corrected chi connectivity index (χ1v) is 8.47. The Morgan fingerprint density at radius 3 is 2.58 bits per heavy atom. The smallest absolute Gasteiger partial charge is 0.335 e. The summed E-state index contributed by atoms with van der Waals surface area (Å²) in [6, 6.07) is 9.27. The highest BCUT2D eigenvalue weighted by atomic mass is 32.2. The molecule has 124 valence electrons. The number of carbonyl (C=O) groups excluding carboxylic acids is 1. The van der Waals surface area contributed by atoms with Gasteiger partial charge in [-0.25, -0.2) is 9.18 Å². The molecule has 0 aliphatic carbocycles. The Balaban J connectivity index is 2.04. The van der Waals surface area contributed by atoms with Crippen molar-refractivity contribution in [3.8, 4) is 0 Å². The van der Waals surface area contributed by atoms with Gasteiger partial charge >= 0.3 is 5.97 Å². The van der Waals surface area contributed by atoms with Gasteiger partial charge in [0.15, 0.2) is 0 Å². The monoisotopic (exact) mass is 345 g/mol. The summed E-state index contributed by atoms with van der Waals surface area (Å²) in [5, 5.41) is 8.85. The Bertz CT molecular complexity index is 837. The number of carboxylic acids is 1. The number of carboxylic acid groups (broad SMARTS) is 1. The maximum atomic E-state index is 13.4. The maximum Gasteiger partial charge on any atom is 0.335 e. The van der Waals surface area contributed by atoms with Crippen molar-refractivity contribution in [1.29, 1.82) is 0 Å². The number of aromatic carboxylic acids is 1. The van der Waals surface area contributed by atoms with Gasteiger partial charge in [0.2, 0.25) is 5.91 Å². The van der Waals surface area contributed by atoms with Crippen LogP contribution in [0, 0.1) is 19.7 Å². The fraction of sp³-hybridized carbons (Fsp3) is 0.222. The zero-order chi connectivity index (χ0) is 17.4. The second kappa shape index (κ2) is 6.28. The fourth-order valence-electron chi connectivity index (χ4n) is 2.89. The summed E-state index contributed by atoms with van der Waals surface area (Å²) in [5.74, 6) is -1.02. The molecule has 24 heavy (non-hydrogen) atoms. The van der Waals surface area contributed by atoms with Crippen LogP contribution in [0.25, 0.3) is 0 Å². The fourth-order valence-corrected chi connectivity index (χ4v) is 4.15. The van der Waals surface area contributed by atoms with Crippen LogP contribution in [0.2, 0.25) is 0 Å². The summed E-state index contributed by atoms with van der Waals surface area (Å²) in [6.45, 7) is 3.60. The molecular weight excluding hydrogens is 329 g/mol. The van der Waals surface area contributed by atoms with E-state index < -0.39 is 5.97 Å². The van der Waals surface area contributed by atoms with Gasteiger partial charge in [-0.15, -0.1) is 11.8 Å². The van der Waals surface area contributed by atoms with E-state index in [2.05, 4.69) is 0 Å². The van der Waals surface area contributed by atoms with E-state index in [9.17, 15) is 14.0 Å². The normalized spacial score (nSPS) is 17.4. The van der Waals surface area contributed by atoms with Crippen LogP contribution < -0.4 is 4.90 Å². The predicted molar refractivity (Wildman–Crippen MR) is 92.0 cm³/mol. The lowest BCUT2D eigenvalue weighted by Gasteiger charge is -2.27. The third kappa shape index (κ3) is 2.89. The lowest BCUT2D eigenvalue weighted by atomic mass is 10.1. The van der Waals surface area contributed by atoms with Crippen LogP contribution in [-0.2, 0) is 4.79 Å². The molecule has 0 saturated carbocycles. The second-order valence-electron chi connectivity index (χ2n) is 5.73. The highest BCUT2D eigenvalue weighted by molar-refractivity contribution is 8.00. The summed E-state index contributed by atoms with van der Waals surface area (Å²) in [6.07, 6.45) is 0. The zero-order valence-corrected chi connectivity index (χ0v) is 14.1. The van der Waals surface area contributed by atoms with E-state index >= 15 is 0 Å². The number of halogens is 1. The molecule has 0 spiro atoms. The number of hydrogen-bond donors (Lipinski definition) is 1. The number of thioether (sulfide) groups is 1. The minimum Gasteiger partial charge on any atom is -0.478 e. The molecule has 1 amide bonds. The van der Waals surface area contributed by atoms with Crippen molar-refractivity contribution in [3.63, 3.8) is 0 Å². The number of carbonyl (C=O) groups is 2. The first kappa shape index (κ1) is 16.5. The van der Waals surface area contributed by atoms with Crippen molar-refractivity contribution in [3.05, 3.63) is 64.5 Å². The highest BCUT2D eigenvalue weighted by Crippen LogP contribution is 2.43. The third-order valence-corrected chi connectivity index (χ3v) is 5.26. The van der Waals surface area contributed by atoms with Crippen molar-refractivity contribution in [2.24, 2.45) is 0 Å². The van der Waals surface area contributed by atoms with Crippen LogP contribution in [-0.4, -0.2) is 22.7 Å². The average molecular weight is 345 g/mol. The van der Waals surface area contributed by atoms with E-state index in [-0.39, 0.29) is 22.7 Å². The van der Waals surface area contributed by atoms with E-state index in [4.69, 9.17) is 5.11 Å². The van der Waals surface area contributed by atoms with Crippen molar-refractivity contribution in [1.82, 2.24) is 0 Å². The molecule has 1 N–H and O–H groups in total. The van der Waals surface area contributed by atoms with Crippen LogP contribution in [0.1, 0.15) is 32.4 Å². The number of anilines is 1. The lowest BCUT2D eigenvalue weighted by Crippen LogP contribution is -2.29. The number of aryl methyl sites for hydroxylation is 2.